The Morgan fingerprint density at radius 3 is 2.14 bits per heavy atom. The van der Waals surface area contributed by atoms with Gasteiger partial charge in [-0.1, -0.05) is 30.3 Å². The number of sulfone groups is 1. The van der Waals surface area contributed by atoms with Crippen LogP contribution in [0.3, 0.4) is 0 Å². The molecule has 3 aromatic rings. The van der Waals surface area contributed by atoms with Gasteiger partial charge in [-0.25, -0.2) is 8.42 Å². The molecule has 3 nitrogen and oxygen atoms in total. The largest absolute Gasteiger partial charge is 0.497 e. The van der Waals surface area contributed by atoms with Crippen LogP contribution >= 0.6 is 0 Å². The third kappa shape index (κ3) is 2.50. The van der Waals surface area contributed by atoms with Crippen molar-refractivity contribution in [2.75, 3.05) is 7.11 Å². The number of benzene rings is 3. The second-order valence-electron chi connectivity index (χ2n) is 4.69. The van der Waals surface area contributed by atoms with Gasteiger partial charge >= 0.3 is 0 Å². The highest BCUT2D eigenvalue weighted by Gasteiger charge is 2.17. The molecule has 0 aromatic heterocycles. The maximum atomic E-state index is 12.6. The molecule has 21 heavy (non-hydrogen) atoms. The van der Waals surface area contributed by atoms with E-state index >= 15 is 0 Å². The lowest BCUT2D eigenvalue weighted by Gasteiger charge is -2.07. The topological polar surface area (TPSA) is 43.4 Å². The van der Waals surface area contributed by atoms with E-state index in [9.17, 15) is 8.42 Å². The molecule has 3 rings (SSSR count). The van der Waals surface area contributed by atoms with E-state index in [2.05, 4.69) is 0 Å². The van der Waals surface area contributed by atoms with Crippen molar-refractivity contribution in [3.63, 3.8) is 0 Å². The molecule has 0 heterocycles. The molecule has 4 heteroatoms. The molecular formula is C17H14O3S. The highest BCUT2D eigenvalue weighted by Crippen LogP contribution is 2.26. The molecule has 0 fully saturated rings. The third-order valence-corrected chi connectivity index (χ3v) is 5.15. The minimum Gasteiger partial charge on any atom is -0.497 e. The van der Waals surface area contributed by atoms with E-state index in [-0.39, 0.29) is 0 Å². The highest BCUT2D eigenvalue weighted by molar-refractivity contribution is 7.91. The number of methoxy groups -OCH3 is 1. The Bertz CT molecular complexity index is 884. The predicted octanol–water partition coefficient (Wildman–Crippen LogP) is 3.68. The van der Waals surface area contributed by atoms with Gasteiger partial charge in [0.15, 0.2) is 0 Å². The van der Waals surface area contributed by atoms with E-state index < -0.39 is 9.84 Å². The molecule has 0 aliphatic heterocycles. The molecule has 0 amide bonds. The van der Waals surface area contributed by atoms with E-state index in [1.165, 1.54) is 0 Å². The van der Waals surface area contributed by atoms with Crippen LogP contribution in [-0.2, 0) is 9.84 Å². The van der Waals surface area contributed by atoms with Crippen molar-refractivity contribution in [3.8, 4) is 5.75 Å². The SMILES string of the molecule is COc1ccc2cc(S(=O)(=O)c3ccccc3)ccc2c1. The van der Waals surface area contributed by atoms with Gasteiger partial charge in [0.1, 0.15) is 5.75 Å². The van der Waals surface area contributed by atoms with Crippen molar-refractivity contribution in [3.05, 3.63) is 66.7 Å². The molecule has 106 valence electrons. The van der Waals surface area contributed by atoms with Crippen LogP contribution in [0.1, 0.15) is 0 Å². The Morgan fingerprint density at radius 2 is 1.43 bits per heavy atom. The zero-order chi connectivity index (χ0) is 14.9. The summed E-state index contributed by atoms with van der Waals surface area (Å²) in [5.74, 6) is 0.751. The van der Waals surface area contributed by atoms with E-state index in [1.54, 1.807) is 55.6 Å². The lowest BCUT2D eigenvalue weighted by molar-refractivity contribution is 0.415. The van der Waals surface area contributed by atoms with Crippen LogP contribution in [0.15, 0.2) is 76.5 Å². The smallest absolute Gasteiger partial charge is 0.206 e. The summed E-state index contributed by atoms with van der Waals surface area (Å²) >= 11 is 0. The molecule has 0 aliphatic rings. The second-order valence-corrected chi connectivity index (χ2v) is 6.64. The summed E-state index contributed by atoms with van der Waals surface area (Å²) in [6.07, 6.45) is 0. The quantitative estimate of drug-likeness (QED) is 0.741. The number of rotatable bonds is 3. The molecule has 0 aliphatic carbocycles. The van der Waals surface area contributed by atoms with Crippen molar-refractivity contribution >= 4 is 20.6 Å². The zero-order valence-electron chi connectivity index (χ0n) is 11.5. The molecular weight excluding hydrogens is 284 g/mol. The number of hydrogen-bond donors (Lipinski definition) is 0. The normalized spacial score (nSPS) is 11.5. The molecule has 3 aromatic carbocycles. The van der Waals surface area contributed by atoms with Crippen LogP contribution in [0.4, 0.5) is 0 Å². The van der Waals surface area contributed by atoms with Gasteiger partial charge in [-0.05, 0) is 47.2 Å². The van der Waals surface area contributed by atoms with Gasteiger partial charge in [0.2, 0.25) is 9.84 Å². The van der Waals surface area contributed by atoms with Crippen molar-refractivity contribution in [1.29, 1.82) is 0 Å². The summed E-state index contributed by atoms with van der Waals surface area (Å²) in [5.41, 5.74) is 0. The predicted molar refractivity (Wildman–Crippen MR) is 82.4 cm³/mol. The average Bonchev–Trinajstić information content (AvgIpc) is 2.54. The third-order valence-electron chi connectivity index (χ3n) is 3.38. The summed E-state index contributed by atoms with van der Waals surface area (Å²) in [4.78, 5) is 0.601. The minimum atomic E-state index is -3.48. The first-order valence-corrected chi connectivity index (χ1v) is 7.97. The van der Waals surface area contributed by atoms with Gasteiger partial charge in [-0.2, -0.15) is 0 Å². The molecule has 0 bridgehead atoms. The van der Waals surface area contributed by atoms with Gasteiger partial charge in [0.25, 0.3) is 0 Å². The molecule has 0 saturated heterocycles. The van der Waals surface area contributed by atoms with E-state index in [0.717, 1.165) is 16.5 Å². The van der Waals surface area contributed by atoms with Gasteiger partial charge in [-0.3, -0.25) is 0 Å². The van der Waals surface area contributed by atoms with Gasteiger partial charge < -0.3 is 4.74 Å². The summed E-state index contributed by atoms with van der Waals surface area (Å²) in [6.45, 7) is 0. The molecule has 0 radical (unpaired) electrons. The van der Waals surface area contributed by atoms with Crippen molar-refractivity contribution < 1.29 is 13.2 Å². The fraction of sp³-hybridized carbons (Fsp3) is 0.0588. The van der Waals surface area contributed by atoms with E-state index in [4.69, 9.17) is 4.74 Å². The van der Waals surface area contributed by atoms with Crippen LogP contribution in [0, 0.1) is 0 Å². The zero-order valence-corrected chi connectivity index (χ0v) is 12.3. The Morgan fingerprint density at radius 1 is 0.762 bits per heavy atom. The second kappa shape index (κ2) is 5.22. The molecule has 0 saturated carbocycles. The molecule has 0 atom stereocenters. The Kier molecular flexibility index (Phi) is 3.39. The van der Waals surface area contributed by atoms with E-state index in [0.29, 0.717) is 9.79 Å². The first-order valence-electron chi connectivity index (χ1n) is 6.49. The summed E-state index contributed by atoms with van der Waals surface area (Å²) < 4.78 is 30.3. The standard InChI is InChI=1S/C17H14O3S/c1-20-15-9-7-14-12-17(10-8-13(14)11-15)21(18,19)16-5-3-2-4-6-16/h2-12H,1H3. The Labute approximate surface area is 123 Å². The molecule has 0 spiro atoms. The van der Waals surface area contributed by atoms with Gasteiger partial charge in [0.05, 0.1) is 16.9 Å². The lowest BCUT2D eigenvalue weighted by atomic mass is 10.1. The first-order chi connectivity index (χ1) is 10.1. The number of hydrogen-bond acceptors (Lipinski definition) is 3. The number of ether oxygens (including phenoxy) is 1. The van der Waals surface area contributed by atoms with Crippen LogP contribution in [0.2, 0.25) is 0 Å². The Hall–Kier alpha value is -2.33. The monoisotopic (exact) mass is 298 g/mol. The maximum Gasteiger partial charge on any atom is 0.206 e. The summed E-state index contributed by atoms with van der Waals surface area (Å²) in [5, 5.41) is 1.81. The molecule has 0 N–H and O–H groups in total. The fourth-order valence-electron chi connectivity index (χ4n) is 2.23. The fourth-order valence-corrected chi connectivity index (χ4v) is 3.55. The number of fused-ring (bicyclic) bond motifs is 1. The molecule has 0 unspecified atom stereocenters. The van der Waals surface area contributed by atoms with Crippen molar-refractivity contribution in [2.24, 2.45) is 0 Å². The minimum absolute atomic E-state index is 0.298. The Balaban J connectivity index is 2.13. The average molecular weight is 298 g/mol. The van der Waals surface area contributed by atoms with Crippen LogP contribution in [-0.4, -0.2) is 15.5 Å². The van der Waals surface area contributed by atoms with Gasteiger partial charge in [-0.15, -0.1) is 0 Å². The van der Waals surface area contributed by atoms with Crippen molar-refractivity contribution in [2.45, 2.75) is 9.79 Å². The maximum absolute atomic E-state index is 12.6. The van der Waals surface area contributed by atoms with Crippen LogP contribution in [0.25, 0.3) is 10.8 Å². The lowest BCUT2D eigenvalue weighted by Crippen LogP contribution is -2.01. The van der Waals surface area contributed by atoms with E-state index in [1.807, 2.05) is 18.2 Å². The van der Waals surface area contributed by atoms with Gasteiger partial charge in [0, 0.05) is 0 Å². The van der Waals surface area contributed by atoms with Crippen molar-refractivity contribution in [1.82, 2.24) is 0 Å². The summed E-state index contributed by atoms with van der Waals surface area (Å²) in [6, 6.07) is 19.1. The summed E-state index contributed by atoms with van der Waals surface area (Å²) in [7, 11) is -1.87. The van der Waals surface area contributed by atoms with Crippen LogP contribution in [0.5, 0.6) is 5.75 Å². The highest BCUT2D eigenvalue weighted by atomic mass is 32.2. The first kappa shape index (κ1) is 13.6. The van der Waals surface area contributed by atoms with Crippen LogP contribution < -0.4 is 4.74 Å².